The third-order valence-corrected chi connectivity index (χ3v) is 3.68. The molecule has 3 rings (SSSR count). The number of hydrogen-bond acceptors (Lipinski definition) is 4. The molecule has 0 N–H and O–H groups in total. The molecular weight excluding hydrogens is 290 g/mol. The maximum atomic E-state index is 14.0. The number of nitrogens with zero attached hydrogens (tertiary/aromatic N) is 4. The van der Waals surface area contributed by atoms with Gasteiger partial charge in [0, 0.05) is 19.3 Å². The molecule has 19 heavy (non-hydrogen) atoms. The molecule has 0 aliphatic carbocycles. The quantitative estimate of drug-likeness (QED) is 0.597. The Kier molecular flexibility index (Phi) is 3.41. The first-order chi connectivity index (χ1) is 9.16. The minimum absolute atomic E-state index is 0.0224. The summed E-state index contributed by atoms with van der Waals surface area (Å²) in [6.45, 7) is 1.76. The van der Waals surface area contributed by atoms with Crippen LogP contribution in [0.25, 0.3) is 10.9 Å². The Morgan fingerprint density at radius 3 is 2.58 bits per heavy atom. The predicted molar refractivity (Wildman–Crippen MR) is 73.4 cm³/mol. The largest absolute Gasteiger partial charge is 0.356 e. The van der Waals surface area contributed by atoms with Gasteiger partial charge in [-0.15, -0.1) is 0 Å². The standard InChI is InChI=1S/C12H11Cl2FN4/c13-10-8(15)9-7(6-16-10)11(18-12(14)17-9)19-4-2-1-3-5-19/h6H,1-5H2. The molecule has 1 aliphatic heterocycles. The average molecular weight is 301 g/mol. The molecule has 4 nitrogen and oxygen atoms in total. The van der Waals surface area contributed by atoms with E-state index in [1.807, 2.05) is 0 Å². The van der Waals surface area contributed by atoms with Crippen molar-refractivity contribution in [2.75, 3.05) is 18.0 Å². The molecule has 0 unspecified atom stereocenters. The van der Waals surface area contributed by atoms with E-state index in [9.17, 15) is 4.39 Å². The van der Waals surface area contributed by atoms with Crippen molar-refractivity contribution in [2.24, 2.45) is 0 Å². The van der Waals surface area contributed by atoms with Crippen LogP contribution in [-0.2, 0) is 0 Å². The van der Waals surface area contributed by atoms with Gasteiger partial charge in [-0.1, -0.05) is 11.6 Å². The van der Waals surface area contributed by atoms with Crippen LogP contribution >= 0.6 is 23.2 Å². The summed E-state index contributed by atoms with van der Waals surface area (Å²) in [7, 11) is 0. The van der Waals surface area contributed by atoms with Crippen molar-refractivity contribution in [1.82, 2.24) is 15.0 Å². The second kappa shape index (κ2) is 5.06. The molecule has 2 aromatic rings. The zero-order valence-electron chi connectivity index (χ0n) is 10.0. The number of halogens is 3. The maximum Gasteiger partial charge on any atom is 0.225 e. The van der Waals surface area contributed by atoms with Crippen molar-refractivity contribution in [3.05, 3.63) is 22.5 Å². The molecule has 0 saturated carbocycles. The lowest BCUT2D eigenvalue weighted by Gasteiger charge is -2.28. The van der Waals surface area contributed by atoms with E-state index in [1.54, 1.807) is 0 Å². The highest BCUT2D eigenvalue weighted by atomic mass is 35.5. The van der Waals surface area contributed by atoms with Crippen molar-refractivity contribution in [2.45, 2.75) is 19.3 Å². The molecule has 1 aliphatic rings. The lowest BCUT2D eigenvalue weighted by molar-refractivity contribution is 0.574. The lowest BCUT2D eigenvalue weighted by Crippen LogP contribution is -2.30. The van der Waals surface area contributed by atoms with Crippen LogP contribution in [-0.4, -0.2) is 28.0 Å². The topological polar surface area (TPSA) is 41.9 Å². The number of aromatic nitrogens is 3. The molecule has 2 aromatic heterocycles. The highest BCUT2D eigenvalue weighted by Crippen LogP contribution is 2.30. The summed E-state index contributed by atoms with van der Waals surface area (Å²) in [5, 5.41) is 0.370. The van der Waals surface area contributed by atoms with Crippen LogP contribution in [0.3, 0.4) is 0 Å². The Morgan fingerprint density at radius 1 is 1.11 bits per heavy atom. The van der Waals surface area contributed by atoms with Crippen LogP contribution in [0.4, 0.5) is 10.2 Å². The summed E-state index contributed by atoms with van der Waals surface area (Å²) in [5.74, 6) is -0.0144. The summed E-state index contributed by atoms with van der Waals surface area (Å²) < 4.78 is 14.0. The summed E-state index contributed by atoms with van der Waals surface area (Å²) >= 11 is 11.6. The number of hydrogen-bond donors (Lipinski definition) is 0. The molecule has 0 amide bonds. The summed E-state index contributed by atoms with van der Waals surface area (Å²) in [6.07, 6.45) is 4.88. The van der Waals surface area contributed by atoms with Crippen LogP contribution < -0.4 is 4.90 Å². The van der Waals surface area contributed by atoms with Gasteiger partial charge in [0.1, 0.15) is 11.3 Å². The van der Waals surface area contributed by atoms with Gasteiger partial charge in [-0.05, 0) is 30.9 Å². The molecule has 7 heteroatoms. The second-order valence-corrected chi connectivity index (χ2v) is 5.19. The molecule has 1 fully saturated rings. The molecule has 0 aromatic carbocycles. The van der Waals surface area contributed by atoms with E-state index >= 15 is 0 Å². The van der Waals surface area contributed by atoms with Gasteiger partial charge in [0.05, 0.1) is 5.39 Å². The second-order valence-electron chi connectivity index (χ2n) is 4.49. The maximum absolute atomic E-state index is 14.0. The summed E-state index contributed by atoms with van der Waals surface area (Å²) in [4.78, 5) is 14.1. The molecule has 0 spiro atoms. The average Bonchev–Trinajstić information content (AvgIpc) is 2.44. The van der Waals surface area contributed by atoms with E-state index in [0.29, 0.717) is 11.2 Å². The van der Waals surface area contributed by atoms with Gasteiger partial charge in [-0.25, -0.2) is 14.4 Å². The van der Waals surface area contributed by atoms with Gasteiger partial charge in [0.15, 0.2) is 11.0 Å². The minimum atomic E-state index is -0.651. The van der Waals surface area contributed by atoms with Gasteiger partial charge in [-0.2, -0.15) is 4.98 Å². The van der Waals surface area contributed by atoms with Gasteiger partial charge >= 0.3 is 0 Å². The number of fused-ring (bicyclic) bond motifs is 1. The first kappa shape index (κ1) is 12.8. The fourth-order valence-electron chi connectivity index (χ4n) is 2.34. The normalized spacial score (nSPS) is 16.1. The SMILES string of the molecule is Fc1c(Cl)ncc2c(N3CCCCC3)nc(Cl)nc12. The predicted octanol–water partition coefficient (Wildman–Crippen LogP) is 3.46. The Labute approximate surface area is 119 Å². The van der Waals surface area contributed by atoms with Crippen molar-refractivity contribution in [1.29, 1.82) is 0 Å². The van der Waals surface area contributed by atoms with Crippen LogP contribution in [0, 0.1) is 5.82 Å². The van der Waals surface area contributed by atoms with Gasteiger partial charge in [0.25, 0.3) is 0 Å². The molecule has 1 saturated heterocycles. The van der Waals surface area contributed by atoms with Gasteiger partial charge in [0.2, 0.25) is 5.28 Å². The van der Waals surface area contributed by atoms with Gasteiger partial charge < -0.3 is 4.90 Å². The first-order valence-electron chi connectivity index (χ1n) is 6.09. The third kappa shape index (κ3) is 2.32. The van der Waals surface area contributed by atoms with E-state index in [-0.39, 0.29) is 16.0 Å². The zero-order chi connectivity index (χ0) is 13.4. The first-order valence-corrected chi connectivity index (χ1v) is 6.84. The highest BCUT2D eigenvalue weighted by Gasteiger charge is 2.19. The number of piperidine rings is 1. The van der Waals surface area contributed by atoms with Gasteiger partial charge in [-0.3, -0.25) is 0 Å². The molecule has 100 valence electrons. The molecule has 0 radical (unpaired) electrons. The van der Waals surface area contributed by atoms with E-state index in [4.69, 9.17) is 23.2 Å². The monoisotopic (exact) mass is 300 g/mol. The van der Waals surface area contributed by atoms with Crippen molar-refractivity contribution in [3.8, 4) is 0 Å². The molecule has 0 bridgehead atoms. The summed E-state index contributed by atoms with van der Waals surface area (Å²) in [5.41, 5.74) is 0.126. The fraction of sp³-hybridized carbons (Fsp3) is 0.417. The Hall–Kier alpha value is -1.20. The minimum Gasteiger partial charge on any atom is -0.356 e. The van der Waals surface area contributed by atoms with E-state index < -0.39 is 5.82 Å². The fourth-order valence-corrected chi connectivity index (χ4v) is 2.64. The van der Waals surface area contributed by atoms with Crippen LogP contribution in [0.5, 0.6) is 0 Å². The number of anilines is 1. The van der Waals surface area contributed by atoms with E-state index in [0.717, 1.165) is 25.9 Å². The van der Waals surface area contributed by atoms with E-state index in [2.05, 4.69) is 19.9 Å². The molecular formula is C12H11Cl2FN4. The van der Waals surface area contributed by atoms with Crippen LogP contribution in [0.15, 0.2) is 6.20 Å². The van der Waals surface area contributed by atoms with E-state index in [1.165, 1.54) is 12.6 Å². The molecule has 3 heterocycles. The van der Waals surface area contributed by atoms with Crippen molar-refractivity contribution >= 4 is 39.9 Å². The smallest absolute Gasteiger partial charge is 0.225 e. The van der Waals surface area contributed by atoms with Crippen LogP contribution in [0.2, 0.25) is 10.4 Å². The summed E-state index contributed by atoms with van der Waals surface area (Å²) in [6, 6.07) is 0. The molecule has 0 atom stereocenters. The number of pyridine rings is 1. The lowest BCUT2D eigenvalue weighted by atomic mass is 10.1. The Balaban J connectivity index is 2.20. The Morgan fingerprint density at radius 2 is 1.84 bits per heavy atom. The van der Waals surface area contributed by atoms with Crippen LogP contribution in [0.1, 0.15) is 19.3 Å². The third-order valence-electron chi connectivity index (χ3n) is 3.25. The highest BCUT2D eigenvalue weighted by molar-refractivity contribution is 6.30. The zero-order valence-corrected chi connectivity index (χ0v) is 11.5. The number of rotatable bonds is 1. The van der Waals surface area contributed by atoms with Crippen molar-refractivity contribution < 1.29 is 4.39 Å². The Bertz CT molecular complexity index is 629. The van der Waals surface area contributed by atoms with Crippen molar-refractivity contribution in [3.63, 3.8) is 0 Å².